The summed E-state index contributed by atoms with van der Waals surface area (Å²) in [4.78, 5) is 0. The smallest absolute Gasteiger partial charge is 0.162 e. The molecule has 0 aromatic heterocycles. The molecule has 0 atom stereocenters. The lowest BCUT2D eigenvalue weighted by Crippen LogP contribution is -2.15. The molecule has 0 fully saturated rings. The normalized spacial score (nSPS) is 10.9. The fraction of sp³-hybridized carbons (Fsp3) is 0.478. The van der Waals surface area contributed by atoms with Gasteiger partial charge >= 0.3 is 0 Å². The van der Waals surface area contributed by atoms with Crippen LogP contribution >= 0.6 is 39.1 Å². The SMILES string of the molecule is CCCCCCCNCc1cc(OCC)c(OCc2c(Cl)cccc2Cl)cc1Br. The maximum absolute atomic E-state index is 6.25. The molecule has 0 aliphatic carbocycles. The Bertz CT molecular complexity index is 751. The summed E-state index contributed by atoms with van der Waals surface area (Å²) >= 11 is 16.2. The van der Waals surface area contributed by atoms with Gasteiger partial charge in [0.1, 0.15) is 6.61 Å². The molecule has 29 heavy (non-hydrogen) atoms. The van der Waals surface area contributed by atoms with Crippen LogP contribution in [0.15, 0.2) is 34.8 Å². The van der Waals surface area contributed by atoms with Gasteiger partial charge < -0.3 is 14.8 Å². The van der Waals surface area contributed by atoms with Crippen molar-refractivity contribution in [2.24, 2.45) is 0 Å². The summed E-state index contributed by atoms with van der Waals surface area (Å²) in [6, 6.07) is 9.42. The first-order valence-electron chi connectivity index (χ1n) is 10.3. The average Bonchev–Trinajstić information content (AvgIpc) is 2.69. The third-order valence-electron chi connectivity index (χ3n) is 4.62. The minimum absolute atomic E-state index is 0.278. The van der Waals surface area contributed by atoms with Crippen LogP contribution in [0.3, 0.4) is 0 Å². The van der Waals surface area contributed by atoms with E-state index in [9.17, 15) is 0 Å². The summed E-state index contributed by atoms with van der Waals surface area (Å²) in [5.41, 5.74) is 1.91. The van der Waals surface area contributed by atoms with E-state index in [2.05, 4.69) is 28.2 Å². The van der Waals surface area contributed by atoms with E-state index in [1.807, 2.05) is 37.3 Å². The van der Waals surface area contributed by atoms with Gasteiger partial charge in [0.2, 0.25) is 0 Å². The van der Waals surface area contributed by atoms with E-state index in [0.29, 0.717) is 22.4 Å². The molecule has 2 rings (SSSR count). The highest BCUT2D eigenvalue weighted by Gasteiger charge is 2.13. The van der Waals surface area contributed by atoms with E-state index in [4.69, 9.17) is 32.7 Å². The predicted octanol–water partition coefficient (Wildman–Crippen LogP) is 7.79. The van der Waals surface area contributed by atoms with Crippen LogP contribution in [0.25, 0.3) is 0 Å². The lowest BCUT2D eigenvalue weighted by molar-refractivity contribution is 0.269. The molecule has 6 heteroatoms. The van der Waals surface area contributed by atoms with Crippen molar-refractivity contribution < 1.29 is 9.47 Å². The van der Waals surface area contributed by atoms with E-state index in [0.717, 1.165) is 34.4 Å². The summed E-state index contributed by atoms with van der Waals surface area (Å²) in [6.45, 7) is 6.84. The first-order chi connectivity index (χ1) is 14.1. The second-order valence-electron chi connectivity index (χ2n) is 6.90. The molecule has 0 bridgehead atoms. The summed E-state index contributed by atoms with van der Waals surface area (Å²) in [7, 11) is 0. The van der Waals surface area contributed by atoms with Gasteiger partial charge in [0.05, 0.1) is 6.61 Å². The molecule has 0 spiro atoms. The second-order valence-corrected chi connectivity index (χ2v) is 8.57. The monoisotopic (exact) mass is 501 g/mol. The number of halogens is 3. The predicted molar refractivity (Wildman–Crippen MR) is 127 cm³/mol. The van der Waals surface area contributed by atoms with Crippen LogP contribution < -0.4 is 14.8 Å². The molecule has 160 valence electrons. The highest BCUT2D eigenvalue weighted by atomic mass is 79.9. The number of unbranched alkanes of at least 4 members (excludes halogenated alkanes) is 4. The molecule has 3 nitrogen and oxygen atoms in total. The Morgan fingerprint density at radius 2 is 1.62 bits per heavy atom. The van der Waals surface area contributed by atoms with Crippen molar-refractivity contribution in [1.82, 2.24) is 5.32 Å². The van der Waals surface area contributed by atoms with Crippen molar-refractivity contribution in [1.29, 1.82) is 0 Å². The number of benzene rings is 2. The maximum atomic E-state index is 6.25. The fourth-order valence-electron chi connectivity index (χ4n) is 2.99. The van der Waals surface area contributed by atoms with Gasteiger partial charge in [0.15, 0.2) is 11.5 Å². The van der Waals surface area contributed by atoms with Crippen LogP contribution in [-0.4, -0.2) is 13.2 Å². The largest absolute Gasteiger partial charge is 0.490 e. The van der Waals surface area contributed by atoms with E-state index in [1.165, 1.54) is 32.1 Å². The Balaban J connectivity index is 1.99. The molecule has 2 aromatic carbocycles. The number of hydrogen-bond donors (Lipinski definition) is 1. The van der Waals surface area contributed by atoms with E-state index in [-0.39, 0.29) is 6.61 Å². The molecule has 0 amide bonds. The molecule has 0 heterocycles. The molecular weight excluding hydrogens is 473 g/mol. The third kappa shape index (κ3) is 8.01. The van der Waals surface area contributed by atoms with Gasteiger partial charge in [-0.1, -0.05) is 77.8 Å². The molecule has 0 saturated carbocycles. The molecule has 0 unspecified atom stereocenters. The lowest BCUT2D eigenvalue weighted by atomic mass is 10.1. The molecule has 0 saturated heterocycles. The standard InChI is InChI=1S/C23H30BrCl2NO2/c1-3-5-6-7-8-12-27-15-17-13-22(28-4-2)23(14-19(17)24)29-16-18-20(25)10-9-11-21(18)26/h9-11,13-14,27H,3-8,12,15-16H2,1-2H3. The zero-order valence-electron chi connectivity index (χ0n) is 17.2. The van der Waals surface area contributed by atoms with Crippen molar-refractivity contribution in [3.8, 4) is 11.5 Å². The van der Waals surface area contributed by atoms with Crippen LogP contribution in [0.2, 0.25) is 10.0 Å². The van der Waals surface area contributed by atoms with Crippen LogP contribution in [0.5, 0.6) is 11.5 Å². The van der Waals surface area contributed by atoms with Gasteiger partial charge in [0, 0.05) is 26.6 Å². The lowest BCUT2D eigenvalue weighted by Gasteiger charge is -2.16. The summed E-state index contributed by atoms with van der Waals surface area (Å²) in [6.07, 6.45) is 6.40. The van der Waals surface area contributed by atoms with Crippen molar-refractivity contribution in [3.05, 3.63) is 56.0 Å². The van der Waals surface area contributed by atoms with Crippen LogP contribution in [0.1, 0.15) is 57.1 Å². The second kappa shape index (κ2) is 13.4. The quantitative estimate of drug-likeness (QED) is 0.283. The van der Waals surface area contributed by atoms with Gasteiger partial charge in [-0.25, -0.2) is 0 Å². The van der Waals surface area contributed by atoms with Gasteiger partial charge in [0.25, 0.3) is 0 Å². The Labute approximate surface area is 193 Å². The van der Waals surface area contributed by atoms with Crippen LogP contribution in [-0.2, 0) is 13.2 Å². The Morgan fingerprint density at radius 3 is 2.31 bits per heavy atom. The molecule has 0 aliphatic rings. The third-order valence-corrected chi connectivity index (χ3v) is 6.07. The van der Waals surface area contributed by atoms with E-state index >= 15 is 0 Å². The Hall–Kier alpha value is -0.940. The first-order valence-corrected chi connectivity index (χ1v) is 11.8. The molecule has 0 aliphatic heterocycles. The summed E-state index contributed by atoms with van der Waals surface area (Å²) in [5.74, 6) is 1.39. The zero-order valence-corrected chi connectivity index (χ0v) is 20.3. The van der Waals surface area contributed by atoms with Gasteiger partial charge in [-0.05, 0) is 49.7 Å². The van der Waals surface area contributed by atoms with Gasteiger partial charge in [-0.15, -0.1) is 0 Å². The van der Waals surface area contributed by atoms with Crippen LogP contribution in [0, 0.1) is 0 Å². The maximum Gasteiger partial charge on any atom is 0.162 e. The summed E-state index contributed by atoms with van der Waals surface area (Å²) < 4.78 is 12.8. The minimum Gasteiger partial charge on any atom is -0.490 e. The van der Waals surface area contributed by atoms with E-state index < -0.39 is 0 Å². The highest BCUT2D eigenvalue weighted by Crippen LogP contribution is 2.35. The van der Waals surface area contributed by atoms with Crippen molar-refractivity contribution in [2.45, 2.75) is 59.1 Å². The van der Waals surface area contributed by atoms with Gasteiger partial charge in [-0.3, -0.25) is 0 Å². The average molecular weight is 503 g/mol. The number of rotatable bonds is 13. The van der Waals surface area contributed by atoms with Crippen molar-refractivity contribution in [3.63, 3.8) is 0 Å². The Kier molecular flexibility index (Phi) is 11.2. The zero-order chi connectivity index (χ0) is 21.1. The van der Waals surface area contributed by atoms with Crippen LogP contribution in [0.4, 0.5) is 0 Å². The van der Waals surface area contributed by atoms with Crippen molar-refractivity contribution >= 4 is 39.1 Å². The van der Waals surface area contributed by atoms with Gasteiger partial charge in [-0.2, -0.15) is 0 Å². The first kappa shape index (κ1) is 24.3. The molecule has 0 radical (unpaired) electrons. The summed E-state index contributed by atoms with van der Waals surface area (Å²) in [5, 5.41) is 4.70. The highest BCUT2D eigenvalue weighted by molar-refractivity contribution is 9.10. The Morgan fingerprint density at radius 1 is 0.931 bits per heavy atom. The molecular formula is C23H30BrCl2NO2. The number of hydrogen-bond acceptors (Lipinski definition) is 3. The minimum atomic E-state index is 0.278. The fourth-order valence-corrected chi connectivity index (χ4v) is 3.96. The topological polar surface area (TPSA) is 30.5 Å². The molecule has 1 N–H and O–H groups in total. The van der Waals surface area contributed by atoms with E-state index in [1.54, 1.807) is 0 Å². The number of nitrogens with one attached hydrogen (secondary N) is 1. The van der Waals surface area contributed by atoms with Crippen molar-refractivity contribution in [2.75, 3.05) is 13.2 Å². The molecule has 2 aromatic rings. The number of ether oxygens (including phenoxy) is 2.